The molecule has 0 aliphatic rings. The Morgan fingerprint density at radius 3 is 2.52 bits per heavy atom. The Kier molecular flexibility index (Phi) is 5.07. The van der Waals surface area contributed by atoms with E-state index in [4.69, 9.17) is 9.84 Å². The van der Waals surface area contributed by atoms with Gasteiger partial charge in [0, 0.05) is 23.5 Å². The fourth-order valence-corrected chi connectivity index (χ4v) is 3.13. The molecule has 2 aromatic carbocycles. The van der Waals surface area contributed by atoms with Gasteiger partial charge in [0.2, 0.25) is 0 Å². The van der Waals surface area contributed by atoms with Crippen molar-refractivity contribution in [3.63, 3.8) is 0 Å². The average molecular weight is 384 g/mol. The van der Waals surface area contributed by atoms with Crippen molar-refractivity contribution in [1.29, 1.82) is 0 Å². The predicted molar refractivity (Wildman–Crippen MR) is 112 cm³/mol. The topological polar surface area (TPSA) is 69.0 Å². The summed E-state index contributed by atoms with van der Waals surface area (Å²) in [5.74, 6) is 1.04. The maximum absolute atomic E-state index is 12.9. The van der Waals surface area contributed by atoms with Crippen LogP contribution in [0.4, 0.5) is 5.82 Å². The van der Waals surface area contributed by atoms with E-state index in [1.54, 1.807) is 30.1 Å². The van der Waals surface area contributed by atoms with Crippen LogP contribution in [-0.2, 0) is 0 Å². The number of carbonyl (C=O) groups excluding carboxylic acids is 1. The second-order valence-corrected chi connectivity index (χ2v) is 6.45. The summed E-state index contributed by atoms with van der Waals surface area (Å²) in [5.41, 5.74) is 3.57. The van der Waals surface area contributed by atoms with Gasteiger partial charge >= 0.3 is 0 Å². The lowest BCUT2D eigenvalue weighted by Gasteiger charge is -2.09. The molecule has 0 fully saturated rings. The van der Waals surface area contributed by atoms with E-state index in [1.807, 2.05) is 67.6 Å². The Labute approximate surface area is 168 Å². The first kappa shape index (κ1) is 18.4. The van der Waals surface area contributed by atoms with Crippen molar-refractivity contribution in [1.82, 2.24) is 14.8 Å². The number of benzene rings is 2. The fourth-order valence-electron chi connectivity index (χ4n) is 3.13. The molecule has 2 aromatic heterocycles. The molecule has 1 amide bonds. The van der Waals surface area contributed by atoms with Gasteiger partial charge in [0.15, 0.2) is 0 Å². The molecule has 4 rings (SSSR count). The third-order valence-electron chi connectivity index (χ3n) is 4.59. The molecule has 0 saturated carbocycles. The van der Waals surface area contributed by atoms with E-state index in [9.17, 15) is 4.79 Å². The number of nitrogens with zero attached hydrogens (tertiary/aromatic N) is 3. The Morgan fingerprint density at radius 1 is 1.00 bits per heavy atom. The van der Waals surface area contributed by atoms with Gasteiger partial charge < -0.3 is 10.1 Å². The zero-order chi connectivity index (χ0) is 20.2. The van der Waals surface area contributed by atoms with Gasteiger partial charge in [0.25, 0.3) is 5.91 Å². The number of hydrogen-bond donors (Lipinski definition) is 1. The minimum atomic E-state index is -0.237. The summed E-state index contributed by atoms with van der Waals surface area (Å²) in [4.78, 5) is 17.1. The van der Waals surface area contributed by atoms with E-state index in [0.29, 0.717) is 28.5 Å². The van der Waals surface area contributed by atoms with E-state index in [-0.39, 0.29) is 5.91 Å². The number of aromatic nitrogens is 3. The number of para-hydroxylation sites is 2. The van der Waals surface area contributed by atoms with Crippen molar-refractivity contribution in [2.24, 2.45) is 0 Å². The van der Waals surface area contributed by atoms with Crippen molar-refractivity contribution in [3.8, 4) is 22.7 Å². The highest BCUT2D eigenvalue weighted by Gasteiger charge is 2.17. The van der Waals surface area contributed by atoms with Crippen LogP contribution in [0.5, 0.6) is 5.75 Å². The first-order valence-corrected chi connectivity index (χ1v) is 9.19. The fraction of sp³-hybridized carbons (Fsp3) is 0.0870. The standard InChI is InChI=1S/C23H20N4O2/c1-16-18(12-8-14-24-16)23(28)25-22-15-20(19-11-6-7-13-21(19)29-2)26-27(22)17-9-4-3-5-10-17/h3-15H,1-2H3,(H,25,28). The summed E-state index contributed by atoms with van der Waals surface area (Å²) < 4.78 is 7.19. The van der Waals surface area contributed by atoms with Crippen LogP contribution in [0.2, 0.25) is 0 Å². The second-order valence-electron chi connectivity index (χ2n) is 6.45. The molecule has 0 aliphatic carbocycles. The van der Waals surface area contributed by atoms with E-state index < -0.39 is 0 Å². The molecule has 0 radical (unpaired) electrons. The van der Waals surface area contributed by atoms with E-state index >= 15 is 0 Å². The second kappa shape index (κ2) is 7.98. The molecular formula is C23H20N4O2. The Bertz CT molecular complexity index is 1150. The monoisotopic (exact) mass is 384 g/mol. The van der Waals surface area contributed by atoms with E-state index in [2.05, 4.69) is 10.3 Å². The Balaban J connectivity index is 1.79. The minimum absolute atomic E-state index is 0.237. The number of methoxy groups -OCH3 is 1. The molecule has 2 heterocycles. The lowest BCUT2D eigenvalue weighted by atomic mass is 10.1. The van der Waals surface area contributed by atoms with Gasteiger partial charge in [-0.25, -0.2) is 4.68 Å². The number of nitrogens with one attached hydrogen (secondary N) is 1. The smallest absolute Gasteiger partial charge is 0.258 e. The lowest BCUT2D eigenvalue weighted by Crippen LogP contribution is -2.16. The molecule has 144 valence electrons. The summed E-state index contributed by atoms with van der Waals surface area (Å²) >= 11 is 0. The molecule has 0 bridgehead atoms. The van der Waals surface area contributed by atoms with Crippen LogP contribution in [0.3, 0.4) is 0 Å². The first-order valence-electron chi connectivity index (χ1n) is 9.19. The third kappa shape index (κ3) is 3.73. The molecule has 6 heteroatoms. The number of hydrogen-bond acceptors (Lipinski definition) is 4. The molecule has 6 nitrogen and oxygen atoms in total. The molecule has 0 saturated heterocycles. The number of carbonyl (C=O) groups is 1. The summed E-state index contributed by atoms with van der Waals surface area (Å²) in [6.45, 7) is 1.81. The normalized spacial score (nSPS) is 10.6. The predicted octanol–water partition coefficient (Wildman–Crippen LogP) is 4.50. The maximum Gasteiger partial charge on any atom is 0.258 e. The van der Waals surface area contributed by atoms with Crippen LogP contribution < -0.4 is 10.1 Å². The van der Waals surface area contributed by atoms with Crippen molar-refractivity contribution in [2.45, 2.75) is 6.92 Å². The number of pyridine rings is 1. The van der Waals surface area contributed by atoms with E-state index in [1.165, 1.54) is 0 Å². The maximum atomic E-state index is 12.9. The number of anilines is 1. The number of rotatable bonds is 5. The van der Waals surface area contributed by atoms with Gasteiger partial charge in [-0.15, -0.1) is 0 Å². The molecule has 0 spiro atoms. The number of aryl methyl sites for hydroxylation is 1. The molecule has 0 atom stereocenters. The third-order valence-corrected chi connectivity index (χ3v) is 4.59. The van der Waals surface area contributed by atoms with Gasteiger partial charge in [-0.05, 0) is 43.3 Å². The van der Waals surface area contributed by atoms with Crippen LogP contribution in [0.25, 0.3) is 16.9 Å². The highest BCUT2D eigenvalue weighted by molar-refractivity contribution is 6.04. The quantitative estimate of drug-likeness (QED) is 0.550. The van der Waals surface area contributed by atoms with Crippen LogP contribution in [-0.4, -0.2) is 27.8 Å². The van der Waals surface area contributed by atoms with Crippen molar-refractivity contribution in [3.05, 3.63) is 90.3 Å². The summed E-state index contributed by atoms with van der Waals surface area (Å²) in [6, 6.07) is 22.7. The number of ether oxygens (including phenoxy) is 1. The van der Waals surface area contributed by atoms with Gasteiger partial charge in [0.1, 0.15) is 11.6 Å². The largest absolute Gasteiger partial charge is 0.496 e. The highest BCUT2D eigenvalue weighted by atomic mass is 16.5. The summed E-state index contributed by atoms with van der Waals surface area (Å²) in [6.07, 6.45) is 1.67. The molecule has 0 aliphatic heterocycles. The SMILES string of the molecule is COc1ccccc1-c1cc(NC(=O)c2cccnc2C)n(-c2ccccc2)n1. The van der Waals surface area contributed by atoms with Gasteiger partial charge in [-0.3, -0.25) is 9.78 Å². The van der Waals surface area contributed by atoms with Gasteiger partial charge in [-0.1, -0.05) is 30.3 Å². The van der Waals surface area contributed by atoms with E-state index in [0.717, 1.165) is 11.3 Å². The average Bonchev–Trinajstić information content (AvgIpc) is 3.18. The van der Waals surface area contributed by atoms with Crippen LogP contribution >= 0.6 is 0 Å². The first-order chi connectivity index (χ1) is 14.2. The molecule has 0 unspecified atom stereocenters. The Morgan fingerprint density at radius 2 is 1.76 bits per heavy atom. The zero-order valence-corrected chi connectivity index (χ0v) is 16.2. The van der Waals surface area contributed by atoms with Crippen LogP contribution in [0.1, 0.15) is 16.1 Å². The molecule has 29 heavy (non-hydrogen) atoms. The van der Waals surface area contributed by atoms with Crippen LogP contribution in [0.15, 0.2) is 79.0 Å². The summed E-state index contributed by atoms with van der Waals surface area (Å²) in [5, 5.41) is 7.71. The molecule has 1 N–H and O–H groups in total. The van der Waals surface area contributed by atoms with Crippen molar-refractivity contribution in [2.75, 3.05) is 12.4 Å². The summed E-state index contributed by atoms with van der Waals surface area (Å²) in [7, 11) is 1.63. The van der Waals surface area contributed by atoms with Gasteiger partial charge in [-0.2, -0.15) is 5.10 Å². The van der Waals surface area contributed by atoms with Crippen molar-refractivity contribution < 1.29 is 9.53 Å². The van der Waals surface area contributed by atoms with Gasteiger partial charge in [0.05, 0.1) is 24.1 Å². The molecular weight excluding hydrogens is 364 g/mol. The minimum Gasteiger partial charge on any atom is -0.496 e. The highest BCUT2D eigenvalue weighted by Crippen LogP contribution is 2.31. The number of amides is 1. The zero-order valence-electron chi connectivity index (χ0n) is 16.2. The molecule has 4 aromatic rings. The lowest BCUT2D eigenvalue weighted by molar-refractivity contribution is 0.102. The Hall–Kier alpha value is -3.93. The van der Waals surface area contributed by atoms with Crippen molar-refractivity contribution >= 4 is 11.7 Å². The van der Waals surface area contributed by atoms with Crippen LogP contribution in [0, 0.1) is 6.92 Å².